The molecule has 1 fully saturated rings. The van der Waals surface area contributed by atoms with E-state index >= 15 is 0 Å². The van der Waals surface area contributed by atoms with Crippen molar-refractivity contribution in [2.75, 3.05) is 19.6 Å². The summed E-state index contributed by atoms with van der Waals surface area (Å²) in [7, 11) is 0. The lowest BCUT2D eigenvalue weighted by molar-refractivity contribution is -0.000482. The normalized spacial score (nSPS) is 22.4. The van der Waals surface area contributed by atoms with E-state index in [1.165, 1.54) is 23.3 Å². The summed E-state index contributed by atoms with van der Waals surface area (Å²) >= 11 is 0. The van der Waals surface area contributed by atoms with Gasteiger partial charge < -0.3 is 9.64 Å². The Labute approximate surface area is 182 Å². The smallest absolute Gasteiger partial charge is 0.162 e. The van der Waals surface area contributed by atoms with Crippen molar-refractivity contribution in [1.29, 1.82) is 0 Å². The summed E-state index contributed by atoms with van der Waals surface area (Å²) in [4.78, 5) is 14.9. The number of ether oxygens (including phenoxy) is 1. The molecule has 0 aliphatic carbocycles. The zero-order valence-electron chi connectivity index (χ0n) is 17.5. The van der Waals surface area contributed by atoms with Gasteiger partial charge in [0.25, 0.3) is 0 Å². The molecule has 3 aromatic rings. The molecule has 0 aromatic heterocycles. The maximum absolute atomic E-state index is 13.1. The Morgan fingerprint density at radius 3 is 2.55 bits per heavy atom. The van der Waals surface area contributed by atoms with Gasteiger partial charge in [0.1, 0.15) is 17.2 Å². The van der Waals surface area contributed by atoms with Crippen LogP contribution in [-0.2, 0) is 5.60 Å². The Morgan fingerprint density at radius 2 is 1.74 bits per heavy atom. The first kappa shape index (κ1) is 20.0. The van der Waals surface area contributed by atoms with Crippen LogP contribution in [0.5, 0.6) is 5.75 Å². The quantitative estimate of drug-likeness (QED) is 0.493. The third-order valence-corrected chi connectivity index (χ3v) is 6.70. The molecule has 158 valence electrons. The standard InChI is InChI=1S/C27H26FNO2/c28-22-14-12-20(13-15-22)25(30)10-6-17-29-18-16-27(21-7-2-1-3-8-21)24(19-29)23-9-4-5-11-26(23)31-27/h1-5,7-9,11-15,24H,6,10,16-19H2/t24-,27+/m1/s1. The molecule has 0 spiro atoms. The highest BCUT2D eigenvalue weighted by Crippen LogP contribution is 2.54. The van der Waals surface area contributed by atoms with Gasteiger partial charge in [-0.1, -0.05) is 48.5 Å². The summed E-state index contributed by atoms with van der Waals surface area (Å²) < 4.78 is 19.7. The monoisotopic (exact) mass is 415 g/mol. The van der Waals surface area contributed by atoms with Crippen LogP contribution in [0.2, 0.25) is 0 Å². The molecule has 2 heterocycles. The number of ketones is 1. The Hall–Kier alpha value is -2.98. The molecule has 2 atom stereocenters. The van der Waals surface area contributed by atoms with Gasteiger partial charge in [-0.2, -0.15) is 0 Å². The molecular formula is C27H26FNO2. The number of benzene rings is 3. The molecule has 0 saturated carbocycles. The first-order valence-corrected chi connectivity index (χ1v) is 11.0. The van der Waals surface area contributed by atoms with E-state index in [0.29, 0.717) is 12.0 Å². The van der Waals surface area contributed by atoms with Gasteiger partial charge in [0, 0.05) is 43.0 Å². The average molecular weight is 416 g/mol. The lowest BCUT2D eigenvalue weighted by Crippen LogP contribution is -2.49. The Balaban J connectivity index is 1.28. The zero-order valence-corrected chi connectivity index (χ0v) is 17.5. The van der Waals surface area contributed by atoms with Crippen LogP contribution in [0.15, 0.2) is 78.9 Å². The molecule has 2 aliphatic rings. The third-order valence-electron chi connectivity index (χ3n) is 6.70. The zero-order chi connectivity index (χ0) is 21.3. The molecule has 1 saturated heterocycles. The van der Waals surface area contributed by atoms with Crippen LogP contribution in [0.4, 0.5) is 4.39 Å². The molecule has 0 bridgehead atoms. The maximum Gasteiger partial charge on any atom is 0.162 e. The maximum atomic E-state index is 13.1. The predicted molar refractivity (Wildman–Crippen MR) is 119 cm³/mol. The highest BCUT2D eigenvalue weighted by molar-refractivity contribution is 5.95. The first-order chi connectivity index (χ1) is 15.2. The second-order valence-corrected chi connectivity index (χ2v) is 8.53. The fourth-order valence-electron chi connectivity index (χ4n) is 5.10. The number of piperidine rings is 1. The molecular weight excluding hydrogens is 389 g/mol. The summed E-state index contributed by atoms with van der Waals surface area (Å²) in [5.41, 5.74) is 2.79. The Bertz CT molecular complexity index is 1070. The van der Waals surface area contributed by atoms with Crippen molar-refractivity contribution >= 4 is 5.78 Å². The Kier molecular flexibility index (Phi) is 5.33. The largest absolute Gasteiger partial charge is 0.482 e. The summed E-state index contributed by atoms with van der Waals surface area (Å²) in [6.07, 6.45) is 2.19. The summed E-state index contributed by atoms with van der Waals surface area (Å²) in [6, 6.07) is 24.8. The number of Topliss-reactive ketones (excluding diaryl/α,β-unsaturated/α-hetero) is 1. The number of rotatable bonds is 6. The van der Waals surface area contributed by atoms with Gasteiger partial charge >= 0.3 is 0 Å². The number of hydrogen-bond acceptors (Lipinski definition) is 3. The first-order valence-electron chi connectivity index (χ1n) is 11.0. The van der Waals surface area contributed by atoms with E-state index in [1.807, 2.05) is 12.1 Å². The number of para-hydroxylation sites is 1. The summed E-state index contributed by atoms with van der Waals surface area (Å²) in [5.74, 6) is 1.02. The minimum absolute atomic E-state index is 0.0742. The van der Waals surface area contributed by atoms with Crippen molar-refractivity contribution in [1.82, 2.24) is 4.90 Å². The second kappa shape index (κ2) is 8.27. The predicted octanol–water partition coefficient (Wildman–Crippen LogP) is 5.57. The van der Waals surface area contributed by atoms with Gasteiger partial charge in [-0.05, 0) is 48.9 Å². The molecule has 0 radical (unpaired) electrons. The van der Waals surface area contributed by atoms with Crippen molar-refractivity contribution < 1.29 is 13.9 Å². The SMILES string of the molecule is O=C(CCCN1CC[C@@]2(c3ccccc3)Oc3ccccc3[C@H]2C1)c1ccc(F)cc1. The van der Waals surface area contributed by atoms with Gasteiger partial charge in [0.05, 0.1) is 0 Å². The van der Waals surface area contributed by atoms with Crippen molar-refractivity contribution in [3.8, 4) is 5.75 Å². The average Bonchev–Trinajstić information content (AvgIpc) is 3.15. The van der Waals surface area contributed by atoms with Gasteiger partial charge in [0.2, 0.25) is 0 Å². The lowest BCUT2D eigenvalue weighted by atomic mass is 9.74. The summed E-state index contributed by atoms with van der Waals surface area (Å²) in [5, 5.41) is 0. The topological polar surface area (TPSA) is 29.5 Å². The van der Waals surface area contributed by atoms with Gasteiger partial charge in [0.15, 0.2) is 5.78 Å². The summed E-state index contributed by atoms with van der Waals surface area (Å²) in [6.45, 7) is 2.72. The molecule has 3 aromatic carbocycles. The molecule has 5 rings (SSSR count). The van der Waals surface area contributed by atoms with Crippen LogP contribution in [0.25, 0.3) is 0 Å². The van der Waals surface area contributed by atoms with E-state index in [4.69, 9.17) is 4.74 Å². The minimum Gasteiger partial charge on any atom is -0.482 e. The highest BCUT2D eigenvalue weighted by Gasteiger charge is 2.52. The van der Waals surface area contributed by atoms with Crippen molar-refractivity contribution in [2.24, 2.45) is 0 Å². The van der Waals surface area contributed by atoms with E-state index in [-0.39, 0.29) is 23.1 Å². The van der Waals surface area contributed by atoms with Gasteiger partial charge in [-0.15, -0.1) is 0 Å². The van der Waals surface area contributed by atoms with Gasteiger partial charge in [-0.25, -0.2) is 4.39 Å². The fourth-order valence-corrected chi connectivity index (χ4v) is 5.10. The fraction of sp³-hybridized carbons (Fsp3) is 0.296. The molecule has 0 unspecified atom stereocenters. The van der Waals surface area contributed by atoms with E-state index in [2.05, 4.69) is 47.4 Å². The van der Waals surface area contributed by atoms with Crippen LogP contribution >= 0.6 is 0 Å². The van der Waals surface area contributed by atoms with Crippen LogP contribution in [0.1, 0.15) is 46.7 Å². The van der Waals surface area contributed by atoms with Crippen LogP contribution in [0, 0.1) is 5.82 Å². The van der Waals surface area contributed by atoms with Crippen LogP contribution in [-0.4, -0.2) is 30.3 Å². The molecule has 3 nitrogen and oxygen atoms in total. The molecule has 31 heavy (non-hydrogen) atoms. The van der Waals surface area contributed by atoms with Gasteiger partial charge in [-0.3, -0.25) is 4.79 Å². The van der Waals surface area contributed by atoms with Crippen LogP contribution in [0.3, 0.4) is 0 Å². The second-order valence-electron chi connectivity index (χ2n) is 8.53. The highest BCUT2D eigenvalue weighted by atomic mass is 19.1. The van der Waals surface area contributed by atoms with E-state index in [1.54, 1.807) is 12.1 Å². The van der Waals surface area contributed by atoms with Crippen LogP contribution < -0.4 is 4.74 Å². The van der Waals surface area contributed by atoms with E-state index in [9.17, 15) is 9.18 Å². The van der Waals surface area contributed by atoms with Crippen molar-refractivity contribution in [3.05, 3.63) is 101 Å². The third kappa shape index (κ3) is 3.77. The molecule has 0 N–H and O–H groups in total. The number of halogens is 1. The number of likely N-dealkylation sites (tertiary alicyclic amines) is 1. The van der Waals surface area contributed by atoms with E-state index in [0.717, 1.165) is 38.2 Å². The molecule has 4 heteroatoms. The lowest BCUT2D eigenvalue weighted by Gasteiger charge is -2.43. The minimum atomic E-state index is -0.314. The molecule has 2 aliphatic heterocycles. The van der Waals surface area contributed by atoms with Crippen molar-refractivity contribution in [3.63, 3.8) is 0 Å². The number of carbonyl (C=O) groups is 1. The molecule has 0 amide bonds. The Morgan fingerprint density at radius 1 is 1.00 bits per heavy atom. The number of fused-ring (bicyclic) bond motifs is 3. The van der Waals surface area contributed by atoms with E-state index < -0.39 is 0 Å². The number of nitrogens with zero attached hydrogens (tertiary/aromatic N) is 1. The number of hydrogen-bond donors (Lipinski definition) is 0. The van der Waals surface area contributed by atoms with Crippen molar-refractivity contribution in [2.45, 2.75) is 30.8 Å². The number of carbonyl (C=O) groups excluding carboxylic acids is 1.